The van der Waals surface area contributed by atoms with Crippen molar-refractivity contribution in [1.82, 2.24) is 15.5 Å². The fraction of sp³-hybridized carbons (Fsp3) is 0.310. The van der Waals surface area contributed by atoms with Gasteiger partial charge >= 0.3 is 0 Å². The van der Waals surface area contributed by atoms with Crippen LogP contribution in [0.15, 0.2) is 233 Å². The van der Waals surface area contributed by atoms with Crippen molar-refractivity contribution >= 4 is 99.3 Å². The molecule has 3 atom stereocenters. The van der Waals surface area contributed by atoms with E-state index < -0.39 is 54.1 Å². The number of hydrogen-bond donors (Lipinski definition) is 4. The summed E-state index contributed by atoms with van der Waals surface area (Å²) in [7, 11) is -12.3. The molecule has 4 N–H and O–H groups in total. The van der Waals surface area contributed by atoms with Crippen LogP contribution < -0.4 is 39.1 Å². The number of aryl methyl sites for hydroxylation is 4. The number of nitrogens with one attached hydrogen (secondary N) is 4. The third-order valence-electron chi connectivity index (χ3n) is 20.3. The zero-order valence-corrected chi connectivity index (χ0v) is 66.2. The van der Waals surface area contributed by atoms with Gasteiger partial charge in [-0.15, -0.1) is 0 Å². The molecule has 0 unspecified atom stereocenters. The van der Waals surface area contributed by atoms with Crippen molar-refractivity contribution in [3.63, 3.8) is 0 Å². The van der Waals surface area contributed by atoms with E-state index in [1.54, 1.807) is 121 Å². The van der Waals surface area contributed by atoms with Gasteiger partial charge in [-0.1, -0.05) is 151 Å². The molecule has 9 aromatic carbocycles. The number of carbonyl (C=O) groups is 6. The summed E-state index contributed by atoms with van der Waals surface area (Å²) >= 11 is 0. The number of rotatable bonds is 27. The first kappa shape index (κ1) is 83.0. The van der Waals surface area contributed by atoms with E-state index in [9.17, 15) is 62.8 Å². The van der Waals surface area contributed by atoms with E-state index in [-0.39, 0.29) is 102 Å². The van der Waals surface area contributed by atoms with Crippen LogP contribution in [0.3, 0.4) is 0 Å². The SMILES string of the molecule is CCCNc1ccc(CNC(=O)C[C@@H]2C(=O)Cc3ccccc3N2S(=O)(=O)c2ccc(C)cc2)cc1.Cc1ccc(S(=O)(=O)N2c3ccccc3CC(=O)[C@H]2CC(=O)NCCc2ccc(CCCF)cc2)cc1.Cc1ccc(S(=O)(=O)N2c3ccccc3CC(=O)[C@H]2CC(=O)Nc2ccc(N3CCN(CCF)CC3)cc2)cc1. The average molecular weight is 1590 g/mol. The Morgan fingerprint density at radius 1 is 0.416 bits per heavy atom. The highest BCUT2D eigenvalue weighted by Gasteiger charge is 2.45. The minimum absolute atomic E-state index is 0.0569. The van der Waals surface area contributed by atoms with Gasteiger partial charge in [-0.05, 0) is 171 Å². The molecule has 21 nitrogen and oxygen atoms in total. The summed E-state index contributed by atoms with van der Waals surface area (Å²) in [5.74, 6) is -2.16. The number of piperazine rings is 1. The average Bonchev–Trinajstić information content (AvgIpc) is 0.759. The Morgan fingerprint density at radius 2 is 0.796 bits per heavy atom. The largest absolute Gasteiger partial charge is 0.385 e. The molecule has 0 spiro atoms. The highest BCUT2D eigenvalue weighted by molar-refractivity contribution is 7.93. The zero-order valence-electron chi connectivity index (χ0n) is 63.8. The number of hydrogen-bond acceptors (Lipinski definition) is 15. The maximum atomic E-state index is 13.8. The fourth-order valence-corrected chi connectivity index (χ4v) is 19.1. The maximum Gasteiger partial charge on any atom is 0.265 e. The number of nitrogens with zero attached hydrogens (tertiary/aromatic N) is 5. The Bertz CT molecular complexity index is 5190. The molecule has 0 aliphatic carbocycles. The number of carbonyl (C=O) groups excluding carboxylic acids is 6. The van der Waals surface area contributed by atoms with E-state index in [0.717, 1.165) is 96.8 Å². The fourth-order valence-electron chi connectivity index (χ4n) is 14.1. The highest BCUT2D eigenvalue weighted by atomic mass is 32.2. The summed E-state index contributed by atoms with van der Waals surface area (Å²) in [6.45, 7) is 12.2. The second-order valence-corrected chi connectivity index (χ2v) is 34.0. The van der Waals surface area contributed by atoms with Crippen LogP contribution in [0.2, 0.25) is 0 Å². The van der Waals surface area contributed by atoms with Crippen LogP contribution in [0.25, 0.3) is 0 Å². The molecule has 3 amide bonds. The zero-order chi connectivity index (χ0) is 80.4. The van der Waals surface area contributed by atoms with Crippen molar-refractivity contribution in [2.24, 2.45) is 0 Å². The molecule has 9 aromatic rings. The second kappa shape index (κ2) is 38.1. The van der Waals surface area contributed by atoms with E-state index in [2.05, 4.69) is 38.0 Å². The van der Waals surface area contributed by atoms with Gasteiger partial charge in [0, 0.05) is 88.7 Å². The highest BCUT2D eigenvalue weighted by Crippen LogP contribution is 2.39. The Kier molecular flexibility index (Phi) is 28.0. The lowest BCUT2D eigenvalue weighted by Crippen LogP contribution is -2.51. The van der Waals surface area contributed by atoms with Gasteiger partial charge in [0.1, 0.15) is 24.8 Å². The second-order valence-electron chi connectivity index (χ2n) is 28.5. The number of anilines is 6. The normalized spacial score (nSPS) is 16.3. The van der Waals surface area contributed by atoms with Crippen LogP contribution in [0.4, 0.5) is 42.9 Å². The summed E-state index contributed by atoms with van der Waals surface area (Å²) in [5, 5.41) is 11.8. The standard InChI is InChI=1S/C30H33FN4O4S.C29H31FN2O4S.C28H31N3O4S/c1-22-6-12-26(13-7-22)40(38,39)35-27-5-3-2-4-23(27)20-29(36)28(35)21-30(37)32-24-8-10-25(11-9-24)34-18-16-33(15-14-31)17-19-34;1-21-8-14-25(15-9-21)37(35,36)32-26-7-3-2-6-24(26)19-28(33)27(32)20-29(34)31-18-16-23-12-10-22(11-13-23)5-4-17-30;1-3-16-29-23-12-10-21(11-13-23)19-30-28(33)18-26-27(32)17-22-6-4-5-7-25(22)31(26)36(34,35)24-14-8-20(2)9-15-24/h2-13,28H,14-21H2,1H3,(H,32,37);2-3,6-15,27H,4-5,16-20H2,1H3,(H,31,34);4-15,26,29H,3,16-19H2,1-2H3,(H,30,33)/t28-;27-;26-/m111/s1. The van der Waals surface area contributed by atoms with E-state index in [0.29, 0.717) is 71.8 Å². The van der Waals surface area contributed by atoms with Crippen LogP contribution in [0, 0.1) is 20.8 Å². The molecule has 113 heavy (non-hydrogen) atoms. The molecule has 1 saturated heterocycles. The van der Waals surface area contributed by atoms with E-state index in [4.69, 9.17) is 0 Å². The summed E-state index contributed by atoms with van der Waals surface area (Å²) in [5.41, 5.74) is 11.5. The van der Waals surface area contributed by atoms with Crippen LogP contribution in [0.1, 0.15) is 89.1 Å². The molecule has 26 heteroatoms. The first-order chi connectivity index (χ1) is 54.3. The monoisotopic (exact) mass is 1590 g/mol. The number of ketones is 3. The van der Waals surface area contributed by atoms with Gasteiger partial charge in [-0.3, -0.25) is 51.0 Å². The van der Waals surface area contributed by atoms with Crippen molar-refractivity contribution in [2.45, 2.75) is 131 Å². The summed E-state index contributed by atoms with van der Waals surface area (Å²) in [4.78, 5) is 83.0. The number of alkyl halides is 2. The lowest BCUT2D eigenvalue weighted by molar-refractivity contribution is -0.126. The third-order valence-corrected chi connectivity index (χ3v) is 25.8. The Labute approximate surface area is 661 Å². The van der Waals surface area contributed by atoms with Gasteiger partial charge in [0.15, 0.2) is 17.3 Å². The van der Waals surface area contributed by atoms with Gasteiger partial charge in [-0.25, -0.2) is 29.6 Å². The molecule has 0 aromatic heterocycles. The van der Waals surface area contributed by atoms with Gasteiger partial charge in [0.05, 0.1) is 57.7 Å². The molecule has 592 valence electrons. The van der Waals surface area contributed by atoms with Crippen LogP contribution >= 0.6 is 0 Å². The van der Waals surface area contributed by atoms with Crippen molar-refractivity contribution in [2.75, 3.05) is 87.6 Å². The van der Waals surface area contributed by atoms with E-state index in [1.165, 1.54) is 36.4 Å². The molecule has 4 aliphatic heterocycles. The van der Waals surface area contributed by atoms with E-state index in [1.807, 2.05) is 81.4 Å². The van der Waals surface area contributed by atoms with E-state index >= 15 is 0 Å². The minimum Gasteiger partial charge on any atom is -0.385 e. The predicted molar refractivity (Wildman–Crippen MR) is 437 cm³/mol. The van der Waals surface area contributed by atoms with Crippen molar-refractivity contribution in [3.8, 4) is 0 Å². The maximum absolute atomic E-state index is 13.8. The lowest BCUT2D eigenvalue weighted by atomic mass is 9.94. The van der Waals surface area contributed by atoms with Crippen LogP contribution in [-0.2, 0) is 97.5 Å². The molecule has 4 aliphatic rings. The number of Topliss-reactive ketones (excluding diaryl/α,β-unsaturated/α-hetero) is 3. The predicted octanol–water partition coefficient (Wildman–Crippen LogP) is 12.4. The van der Waals surface area contributed by atoms with Gasteiger partial charge in [-0.2, -0.15) is 0 Å². The molecule has 1 fully saturated rings. The number of fused-ring (bicyclic) bond motifs is 3. The summed E-state index contributed by atoms with van der Waals surface area (Å²) < 4.78 is 111. The topological polar surface area (TPSA) is 269 Å². The summed E-state index contributed by atoms with van der Waals surface area (Å²) in [6, 6.07) is 59.8. The molecule has 0 saturated carbocycles. The Morgan fingerprint density at radius 3 is 1.20 bits per heavy atom. The van der Waals surface area contributed by atoms with Crippen molar-refractivity contribution < 1.29 is 62.8 Å². The molecular weight excluding hydrogens is 1500 g/mol. The van der Waals surface area contributed by atoms with Crippen molar-refractivity contribution in [3.05, 3.63) is 268 Å². The van der Waals surface area contributed by atoms with Gasteiger partial charge in [0.25, 0.3) is 30.1 Å². The molecule has 0 radical (unpaired) electrons. The number of sulfonamides is 3. The lowest BCUT2D eigenvalue weighted by Gasteiger charge is -2.36. The van der Waals surface area contributed by atoms with Crippen LogP contribution in [0.5, 0.6) is 0 Å². The smallest absolute Gasteiger partial charge is 0.265 e. The first-order valence-corrected chi connectivity index (χ1v) is 42.3. The quantitative estimate of drug-likeness (QED) is 0.0373. The molecular formula is C87H95F2N9O12S3. The minimum atomic E-state index is -4.12. The number of benzene rings is 9. The number of halogens is 2. The molecule has 13 rings (SSSR count). The van der Waals surface area contributed by atoms with Gasteiger partial charge < -0.3 is 26.2 Å². The Hall–Kier alpha value is -10.9. The first-order valence-electron chi connectivity index (χ1n) is 37.9. The van der Waals surface area contributed by atoms with Crippen molar-refractivity contribution in [1.29, 1.82) is 0 Å². The van der Waals surface area contributed by atoms with Gasteiger partial charge in [0.2, 0.25) is 17.7 Å². The Balaban J connectivity index is 0.000000168. The number of para-hydroxylation sites is 3. The summed E-state index contributed by atoms with van der Waals surface area (Å²) in [6.07, 6.45) is 2.18. The molecule has 4 heterocycles. The van der Waals surface area contributed by atoms with Crippen LogP contribution in [-0.4, -0.2) is 143 Å². The third kappa shape index (κ3) is 20.9. The molecule has 0 bridgehead atoms. The number of amides is 3.